The van der Waals surface area contributed by atoms with E-state index in [1.54, 1.807) is 18.2 Å². The Morgan fingerprint density at radius 2 is 1.89 bits per heavy atom. The number of anilines is 1. The lowest BCUT2D eigenvalue weighted by molar-refractivity contribution is 0.101. The first-order valence-electron chi connectivity index (χ1n) is 5.51. The number of benzene rings is 1. The summed E-state index contributed by atoms with van der Waals surface area (Å²) in [4.78, 5) is 12.2. The third-order valence-electron chi connectivity index (χ3n) is 2.51. The van der Waals surface area contributed by atoms with E-state index in [0.29, 0.717) is 22.3 Å². The maximum Gasteiger partial charge on any atom is 0.275 e. The van der Waals surface area contributed by atoms with Crippen LogP contribution in [-0.4, -0.2) is 15.7 Å². The molecule has 0 spiro atoms. The molecule has 1 amide bonds. The number of amides is 1. The molecule has 1 aromatic heterocycles. The number of hydrogen-bond acceptors (Lipinski definition) is 2. The summed E-state index contributed by atoms with van der Waals surface area (Å²) in [6.45, 7) is 2.40. The predicted molar refractivity (Wildman–Crippen MR) is 77.3 cm³/mol. The van der Waals surface area contributed by atoms with Gasteiger partial charge in [-0.05, 0) is 19.1 Å². The maximum atomic E-state index is 12.2. The summed E-state index contributed by atoms with van der Waals surface area (Å²) in [5.41, 5.74) is 0.635. The average Bonchev–Trinajstić information content (AvgIpc) is 2.75. The fourth-order valence-corrected chi connectivity index (χ4v) is 2.34. The number of halogens is 3. The molecule has 1 N–H and O–H groups in total. The fraction of sp³-hybridized carbons (Fsp3) is 0.167. The van der Waals surface area contributed by atoms with E-state index in [9.17, 15) is 4.79 Å². The van der Waals surface area contributed by atoms with E-state index in [1.165, 1.54) is 10.9 Å². The van der Waals surface area contributed by atoms with Gasteiger partial charge in [-0.2, -0.15) is 5.10 Å². The highest BCUT2D eigenvalue weighted by Gasteiger charge is 2.18. The average molecular weight is 319 g/mol. The monoisotopic (exact) mass is 317 g/mol. The molecule has 7 heteroatoms. The second kappa shape index (κ2) is 5.82. The van der Waals surface area contributed by atoms with Crippen LogP contribution in [0.4, 0.5) is 5.69 Å². The predicted octanol–water partition coefficient (Wildman–Crippen LogP) is 4.12. The van der Waals surface area contributed by atoms with Gasteiger partial charge < -0.3 is 5.32 Å². The van der Waals surface area contributed by atoms with Gasteiger partial charge in [0, 0.05) is 6.54 Å². The van der Waals surface area contributed by atoms with Crippen molar-refractivity contribution < 1.29 is 4.79 Å². The summed E-state index contributed by atoms with van der Waals surface area (Å²) >= 11 is 17.9. The van der Waals surface area contributed by atoms with Gasteiger partial charge in [0.25, 0.3) is 5.91 Å². The molecule has 0 aliphatic heterocycles. The second-order valence-corrected chi connectivity index (χ2v) is 4.93. The number of carbonyl (C=O) groups is 1. The SMILES string of the molecule is CCn1ncc(Cl)c1C(=O)Nc1c(Cl)cccc1Cl. The quantitative estimate of drug-likeness (QED) is 0.925. The molecule has 19 heavy (non-hydrogen) atoms. The zero-order valence-corrected chi connectivity index (χ0v) is 12.2. The van der Waals surface area contributed by atoms with Crippen molar-refractivity contribution in [3.8, 4) is 0 Å². The van der Waals surface area contributed by atoms with Crippen LogP contribution in [-0.2, 0) is 6.54 Å². The van der Waals surface area contributed by atoms with Gasteiger partial charge in [0.15, 0.2) is 0 Å². The molecule has 0 unspecified atom stereocenters. The van der Waals surface area contributed by atoms with Crippen molar-refractivity contribution in [2.45, 2.75) is 13.5 Å². The first-order valence-corrected chi connectivity index (χ1v) is 6.64. The highest BCUT2D eigenvalue weighted by Crippen LogP contribution is 2.30. The van der Waals surface area contributed by atoms with Crippen LogP contribution < -0.4 is 5.32 Å². The first kappa shape index (κ1) is 14.2. The molecular formula is C12H10Cl3N3O. The summed E-state index contributed by atoms with van der Waals surface area (Å²) < 4.78 is 1.50. The van der Waals surface area contributed by atoms with Crippen LogP contribution in [0.1, 0.15) is 17.4 Å². The Hall–Kier alpha value is -1.23. The zero-order valence-electron chi connectivity index (χ0n) is 9.95. The highest BCUT2D eigenvalue weighted by molar-refractivity contribution is 6.40. The topological polar surface area (TPSA) is 46.9 Å². The van der Waals surface area contributed by atoms with Crippen molar-refractivity contribution in [1.29, 1.82) is 0 Å². The third-order valence-corrected chi connectivity index (χ3v) is 3.42. The molecule has 0 radical (unpaired) electrons. The molecule has 2 aromatic rings. The largest absolute Gasteiger partial charge is 0.318 e. The smallest absolute Gasteiger partial charge is 0.275 e. The van der Waals surface area contributed by atoms with Gasteiger partial charge in [0.2, 0.25) is 0 Å². The van der Waals surface area contributed by atoms with E-state index in [4.69, 9.17) is 34.8 Å². The molecule has 0 aliphatic rings. The molecular weight excluding hydrogens is 309 g/mol. The molecule has 0 saturated heterocycles. The Balaban J connectivity index is 2.34. The molecule has 4 nitrogen and oxygen atoms in total. The molecule has 0 fully saturated rings. The molecule has 1 aromatic carbocycles. The van der Waals surface area contributed by atoms with E-state index in [2.05, 4.69) is 10.4 Å². The fourth-order valence-electron chi connectivity index (χ4n) is 1.62. The van der Waals surface area contributed by atoms with Crippen LogP contribution >= 0.6 is 34.8 Å². The van der Waals surface area contributed by atoms with Gasteiger partial charge in [-0.1, -0.05) is 40.9 Å². The van der Waals surface area contributed by atoms with Crippen molar-refractivity contribution in [2.75, 3.05) is 5.32 Å². The number of nitrogens with one attached hydrogen (secondary N) is 1. The van der Waals surface area contributed by atoms with Gasteiger partial charge in [-0.15, -0.1) is 0 Å². The Labute approximate surface area is 125 Å². The van der Waals surface area contributed by atoms with E-state index >= 15 is 0 Å². The third kappa shape index (κ3) is 2.86. The molecule has 2 rings (SSSR count). The Kier molecular flexibility index (Phi) is 4.34. The van der Waals surface area contributed by atoms with Crippen LogP contribution in [0.2, 0.25) is 15.1 Å². The van der Waals surface area contributed by atoms with Crippen molar-refractivity contribution in [2.24, 2.45) is 0 Å². The standard InChI is InChI=1S/C12H10Cl3N3O/c1-2-18-11(9(15)6-16-18)12(19)17-10-7(13)4-3-5-8(10)14/h3-6H,2H2,1H3,(H,17,19). The first-order chi connectivity index (χ1) is 9.04. The lowest BCUT2D eigenvalue weighted by Gasteiger charge is -2.10. The van der Waals surface area contributed by atoms with Gasteiger partial charge in [-0.3, -0.25) is 9.48 Å². The van der Waals surface area contributed by atoms with Crippen LogP contribution in [0.5, 0.6) is 0 Å². The summed E-state index contributed by atoms with van der Waals surface area (Å²) in [7, 11) is 0. The van der Waals surface area contributed by atoms with Crippen LogP contribution in [0.25, 0.3) is 0 Å². The van der Waals surface area contributed by atoms with Gasteiger partial charge in [0.1, 0.15) is 5.69 Å². The summed E-state index contributed by atoms with van der Waals surface area (Å²) in [5.74, 6) is -0.403. The Morgan fingerprint density at radius 3 is 2.47 bits per heavy atom. The molecule has 0 atom stereocenters. The van der Waals surface area contributed by atoms with Gasteiger partial charge in [0.05, 0.1) is 27.0 Å². The minimum atomic E-state index is -0.403. The zero-order chi connectivity index (χ0) is 14.0. The number of carbonyl (C=O) groups excluding carboxylic acids is 1. The summed E-state index contributed by atoms with van der Waals surface area (Å²) in [6, 6.07) is 4.98. The number of rotatable bonds is 3. The normalized spacial score (nSPS) is 10.5. The van der Waals surface area contributed by atoms with E-state index < -0.39 is 5.91 Å². The number of para-hydroxylation sites is 1. The lowest BCUT2D eigenvalue weighted by atomic mass is 10.3. The minimum Gasteiger partial charge on any atom is -0.318 e. The Bertz CT molecular complexity index is 604. The molecule has 0 bridgehead atoms. The summed E-state index contributed by atoms with van der Waals surface area (Å²) in [5, 5.41) is 7.65. The lowest BCUT2D eigenvalue weighted by Crippen LogP contribution is -2.18. The molecule has 0 saturated carbocycles. The second-order valence-electron chi connectivity index (χ2n) is 3.71. The highest BCUT2D eigenvalue weighted by atomic mass is 35.5. The maximum absolute atomic E-state index is 12.2. The number of hydrogen-bond donors (Lipinski definition) is 1. The summed E-state index contributed by atoms with van der Waals surface area (Å²) in [6.07, 6.45) is 1.42. The number of nitrogens with zero attached hydrogens (tertiary/aromatic N) is 2. The van der Waals surface area contributed by atoms with E-state index in [-0.39, 0.29) is 10.7 Å². The van der Waals surface area contributed by atoms with E-state index in [1.807, 2.05) is 6.92 Å². The number of aryl methyl sites for hydroxylation is 1. The van der Waals surface area contributed by atoms with Crippen molar-refractivity contribution in [3.63, 3.8) is 0 Å². The molecule has 1 heterocycles. The van der Waals surface area contributed by atoms with Crippen molar-refractivity contribution in [3.05, 3.63) is 45.2 Å². The minimum absolute atomic E-state index is 0.278. The Morgan fingerprint density at radius 1 is 1.26 bits per heavy atom. The van der Waals surface area contributed by atoms with Gasteiger partial charge in [-0.25, -0.2) is 0 Å². The molecule has 0 aliphatic carbocycles. The number of aromatic nitrogens is 2. The van der Waals surface area contributed by atoms with E-state index in [0.717, 1.165) is 0 Å². The van der Waals surface area contributed by atoms with Crippen molar-refractivity contribution >= 4 is 46.4 Å². The van der Waals surface area contributed by atoms with Crippen LogP contribution in [0, 0.1) is 0 Å². The van der Waals surface area contributed by atoms with Crippen LogP contribution in [0.15, 0.2) is 24.4 Å². The van der Waals surface area contributed by atoms with Gasteiger partial charge >= 0.3 is 0 Å². The van der Waals surface area contributed by atoms with Crippen molar-refractivity contribution in [1.82, 2.24) is 9.78 Å². The molecule has 100 valence electrons. The van der Waals surface area contributed by atoms with Crippen LogP contribution in [0.3, 0.4) is 0 Å².